The molecule has 0 aliphatic carbocycles. The lowest BCUT2D eigenvalue weighted by molar-refractivity contribution is 0.0692. The molecule has 0 aliphatic rings. The first-order valence-corrected chi connectivity index (χ1v) is 7.54. The summed E-state index contributed by atoms with van der Waals surface area (Å²) in [4.78, 5) is 8.51. The van der Waals surface area contributed by atoms with Gasteiger partial charge in [0, 0.05) is 10.4 Å². The first-order chi connectivity index (χ1) is 10.0. The molecular weight excluding hydrogens is 310 g/mol. The van der Waals surface area contributed by atoms with Gasteiger partial charge < -0.3 is 9.26 Å². The van der Waals surface area contributed by atoms with Gasteiger partial charge in [0.05, 0.1) is 5.51 Å². The molecule has 108 valence electrons. The largest absolute Gasteiger partial charge is 0.478 e. The third-order valence-electron chi connectivity index (χ3n) is 2.79. The van der Waals surface area contributed by atoms with Gasteiger partial charge in [-0.1, -0.05) is 16.8 Å². The Bertz CT molecular complexity index is 723. The van der Waals surface area contributed by atoms with Crippen molar-refractivity contribution >= 4 is 22.9 Å². The van der Waals surface area contributed by atoms with E-state index in [2.05, 4.69) is 15.1 Å². The SMILES string of the molecule is CC(C)(Oc1ccc(Cl)cc1)c1nc(-c2cscn2)no1. The van der Waals surface area contributed by atoms with Gasteiger partial charge in [-0.2, -0.15) is 4.98 Å². The summed E-state index contributed by atoms with van der Waals surface area (Å²) in [6.07, 6.45) is 0. The topological polar surface area (TPSA) is 61.0 Å². The third-order valence-corrected chi connectivity index (χ3v) is 3.63. The first-order valence-electron chi connectivity index (χ1n) is 6.22. The van der Waals surface area contributed by atoms with Crippen LogP contribution in [0.15, 0.2) is 39.7 Å². The summed E-state index contributed by atoms with van der Waals surface area (Å²) in [5.41, 5.74) is 1.66. The predicted molar refractivity (Wildman–Crippen MR) is 80.5 cm³/mol. The van der Waals surface area contributed by atoms with Crippen molar-refractivity contribution in [3.8, 4) is 17.3 Å². The van der Waals surface area contributed by atoms with Gasteiger partial charge >= 0.3 is 0 Å². The van der Waals surface area contributed by atoms with Crippen LogP contribution in [-0.2, 0) is 5.60 Å². The van der Waals surface area contributed by atoms with E-state index in [0.717, 1.165) is 0 Å². The van der Waals surface area contributed by atoms with Gasteiger partial charge in [0.1, 0.15) is 11.4 Å². The molecule has 2 aromatic heterocycles. The van der Waals surface area contributed by atoms with E-state index in [-0.39, 0.29) is 0 Å². The van der Waals surface area contributed by atoms with Crippen molar-refractivity contribution in [2.24, 2.45) is 0 Å². The van der Waals surface area contributed by atoms with Crippen LogP contribution in [0.2, 0.25) is 5.02 Å². The molecule has 0 atom stereocenters. The van der Waals surface area contributed by atoms with Crippen LogP contribution in [0.5, 0.6) is 5.75 Å². The summed E-state index contributed by atoms with van der Waals surface area (Å²) in [6, 6.07) is 7.12. The molecule has 3 aromatic rings. The zero-order valence-electron chi connectivity index (χ0n) is 11.4. The van der Waals surface area contributed by atoms with Gasteiger partial charge in [0.25, 0.3) is 5.89 Å². The summed E-state index contributed by atoms with van der Waals surface area (Å²) >= 11 is 7.34. The molecule has 1 aromatic carbocycles. The number of aromatic nitrogens is 3. The van der Waals surface area contributed by atoms with Crippen LogP contribution < -0.4 is 4.74 Å². The zero-order chi connectivity index (χ0) is 14.9. The van der Waals surface area contributed by atoms with Gasteiger partial charge in [0.15, 0.2) is 5.60 Å². The normalized spacial score (nSPS) is 11.6. The van der Waals surface area contributed by atoms with Crippen molar-refractivity contribution in [1.29, 1.82) is 0 Å². The molecule has 0 saturated heterocycles. The highest BCUT2D eigenvalue weighted by Crippen LogP contribution is 2.28. The van der Waals surface area contributed by atoms with Gasteiger partial charge in [-0.15, -0.1) is 11.3 Å². The Balaban J connectivity index is 1.83. The highest BCUT2D eigenvalue weighted by molar-refractivity contribution is 7.07. The number of ether oxygens (including phenoxy) is 1. The molecule has 0 aliphatic heterocycles. The molecule has 0 radical (unpaired) electrons. The van der Waals surface area contributed by atoms with Crippen LogP contribution >= 0.6 is 22.9 Å². The van der Waals surface area contributed by atoms with Gasteiger partial charge in [0.2, 0.25) is 5.82 Å². The van der Waals surface area contributed by atoms with E-state index < -0.39 is 5.60 Å². The van der Waals surface area contributed by atoms with Crippen molar-refractivity contribution in [2.75, 3.05) is 0 Å². The van der Waals surface area contributed by atoms with Crippen LogP contribution in [0, 0.1) is 0 Å². The molecule has 0 fully saturated rings. The third kappa shape index (κ3) is 3.06. The molecule has 0 amide bonds. The summed E-state index contributed by atoms with van der Waals surface area (Å²) in [7, 11) is 0. The summed E-state index contributed by atoms with van der Waals surface area (Å²) in [6.45, 7) is 3.72. The van der Waals surface area contributed by atoms with Crippen LogP contribution in [0.3, 0.4) is 0 Å². The van der Waals surface area contributed by atoms with Crippen molar-refractivity contribution in [3.63, 3.8) is 0 Å². The first kappa shape index (κ1) is 14.0. The van der Waals surface area contributed by atoms with Crippen molar-refractivity contribution in [1.82, 2.24) is 15.1 Å². The molecule has 0 spiro atoms. The summed E-state index contributed by atoms with van der Waals surface area (Å²) in [5, 5.41) is 6.46. The maximum Gasteiger partial charge on any atom is 0.270 e. The quantitative estimate of drug-likeness (QED) is 0.722. The standard InChI is InChI=1S/C14H12ClN3O2S/c1-14(2,19-10-5-3-9(15)4-6-10)13-17-12(18-20-13)11-7-21-8-16-11/h3-8H,1-2H3. The Morgan fingerprint density at radius 1 is 1.24 bits per heavy atom. The Labute approximate surface area is 130 Å². The van der Waals surface area contributed by atoms with E-state index in [0.29, 0.717) is 28.2 Å². The highest BCUT2D eigenvalue weighted by atomic mass is 35.5. The molecule has 3 rings (SSSR count). The molecule has 7 heteroatoms. The lowest BCUT2D eigenvalue weighted by atomic mass is 10.1. The minimum Gasteiger partial charge on any atom is -0.478 e. The number of halogens is 1. The van der Waals surface area contributed by atoms with Gasteiger partial charge in [-0.3, -0.25) is 0 Å². The molecule has 5 nitrogen and oxygen atoms in total. The lowest BCUT2D eigenvalue weighted by Gasteiger charge is -2.22. The van der Waals surface area contributed by atoms with E-state index in [1.807, 2.05) is 19.2 Å². The predicted octanol–water partition coefficient (Wildman–Crippen LogP) is 4.16. The number of benzene rings is 1. The highest BCUT2D eigenvalue weighted by Gasteiger charge is 2.30. The van der Waals surface area contributed by atoms with E-state index in [9.17, 15) is 0 Å². The van der Waals surface area contributed by atoms with Gasteiger partial charge in [-0.05, 0) is 38.1 Å². The van der Waals surface area contributed by atoms with Crippen molar-refractivity contribution < 1.29 is 9.26 Å². The van der Waals surface area contributed by atoms with Crippen LogP contribution in [0.25, 0.3) is 11.5 Å². The maximum absolute atomic E-state index is 5.90. The molecule has 21 heavy (non-hydrogen) atoms. The number of thiazole rings is 1. The average Bonchev–Trinajstić information content (AvgIpc) is 3.11. The molecule has 0 N–H and O–H groups in total. The smallest absolute Gasteiger partial charge is 0.270 e. The Kier molecular flexibility index (Phi) is 3.65. The number of hydrogen-bond donors (Lipinski definition) is 0. The number of rotatable bonds is 4. The molecular formula is C14H12ClN3O2S. The van der Waals surface area contributed by atoms with E-state index in [1.54, 1.807) is 29.8 Å². The minimum absolute atomic E-state index is 0.389. The zero-order valence-corrected chi connectivity index (χ0v) is 13.0. The van der Waals surface area contributed by atoms with E-state index in [4.69, 9.17) is 20.9 Å². The summed E-state index contributed by atoms with van der Waals surface area (Å²) < 4.78 is 11.2. The molecule has 0 saturated carbocycles. The second-order valence-electron chi connectivity index (χ2n) is 4.86. The van der Waals surface area contributed by atoms with Crippen LogP contribution in [-0.4, -0.2) is 15.1 Å². The van der Waals surface area contributed by atoms with Crippen molar-refractivity contribution in [3.05, 3.63) is 46.1 Å². The second-order valence-corrected chi connectivity index (χ2v) is 6.02. The minimum atomic E-state index is -0.755. The Morgan fingerprint density at radius 3 is 2.67 bits per heavy atom. The number of nitrogens with zero attached hydrogens (tertiary/aromatic N) is 3. The van der Waals surface area contributed by atoms with Gasteiger partial charge in [-0.25, -0.2) is 4.98 Å². The Hall–Kier alpha value is -1.92. The molecule has 0 unspecified atom stereocenters. The van der Waals surface area contributed by atoms with E-state index >= 15 is 0 Å². The lowest BCUT2D eigenvalue weighted by Crippen LogP contribution is -2.25. The molecule has 0 bridgehead atoms. The fourth-order valence-corrected chi connectivity index (χ4v) is 2.39. The number of hydrogen-bond acceptors (Lipinski definition) is 6. The monoisotopic (exact) mass is 321 g/mol. The Morgan fingerprint density at radius 2 is 2.00 bits per heavy atom. The van der Waals surface area contributed by atoms with Crippen LogP contribution in [0.1, 0.15) is 19.7 Å². The maximum atomic E-state index is 5.90. The summed E-state index contributed by atoms with van der Waals surface area (Å²) in [5.74, 6) is 1.53. The van der Waals surface area contributed by atoms with Crippen LogP contribution in [0.4, 0.5) is 0 Å². The average molecular weight is 322 g/mol. The fraction of sp³-hybridized carbons (Fsp3) is 0.214. The second kappa shape index (κ2) is 5.46. The fourth-order valence-electron chi connectivity index (χ4n) is 1.74. The molecule has 2 heterocycles. The van der Waals surface area contributed by atoms with Crippen molar-refractivity contribution in [2.45, 2.75) is 19.4 Å². The van der Waals surface area contributed by atoms with E-state index in [1.165, 1.54) is 11.3 Å².